The fourth-order valence-corrected chi connectivity index (χ4v) is 3.57. The van der Waals surface area contributed by atoms with E-state index in [2.05, 4.69) is 59.2 Å². The molecule has 0 aromatic heterocycles. The van der Waals surface area contributed by atoms with E-state index in [1.165, 1.54) is 22.3 Å². The zero-order valence-electron chi connectivity index (χ0n) is 17.4. The van der Waals surface area contributed by atoms with Crippen LogP contribution in [-0.4, -0.2) is 35.5 Å². The number of benzene rings is 3. The number of aliphatic hydroxyl groups is 2. The molecule has 0 saturated carbocycles. The highest BCUT2D eigenvalue weighted by atomic mass is 16.3. The summed E-state index contributed by atoms with van der Waals surface area (Å²) in [6.07, 6.45) is 1.60. The minimum atomic E-state index is 0.0267. The van der Waals surface area contributed by atoms with E-state index < -0.39 is 0 Å². The maximum absolute atomic E-state index is 9.72. The van der Waals surface area contributed by atoms with Gasteiger partial charge in [0.15, 0.2) is 0 Å². The highest BCUT2D eigenvalue weighted by Gasteiger charge is 2.10. The van der Waals surface area contributed by atoms with Crippen molar-refractivity contribution >= 4 is 0 Å². The summed E-state index contributed by atoms with van der Waals surface area (Å²) in [6, 6.07) is 28.9. The van der Waals surface area contributed by atoms with Gasteiger partial charge in [-0.3, -0.25) is 0 Å². The van der Waals surface area contributed by atoms with Crippen LogP contribution in [0.1, 0.15) is 22.3 Å². The molecule has 0 amide bonds. The Labute approximate surface area is 179 Å². The Morgan fingerprint density at radius 1 is 0.533 bits per heavy atom. The zero-order chi connectivity index (χ0) is 21.0. The molecular weight excluding hydrogens is 372 g/mol. The largest absolute Gasteiger partial charge is 0.395 e. The van der Waals surface area contributed by atoms with Crippen molar-refractivity contribution in [1.29, 1.82) is 0 Å². The summed E-state index contributed by atoms with van der Waals surface area (Å²) in [7, 11) is 0. The summed E-state index contributed by atoms with van der Waals surface area (Å²) in [5.74, 6) is 0. The Hall–Kier alpha value is -2.50. The van der Waals surface area contributed by atoms with Crippen molar-refractivity contribution in [2.24, 2.45) is 0 Å². The molecule has 0 fully saturated rings. The van der Waals surface area contributed by atoms with E-state index in [-0.39, 0.29) is 25.3 Å². The predicted octanol–water partition coefficient (Wildman–Crippen LogP) is 3.07. The SMILES string of the molecule is OC[C@@H](Cc1ccccc1)NCc1cccc(CN[C@@H](CO)Cc2ccccc2)c1. The molecule has 0 aliphatic heterocycles. The van der Waals surface area contributed by atoms with Gasteiger partial charge in [0.1, 0.15) is 0 Å². The van der Waals surface area contributed by atoms with Crippen molar-refractivity contribution in [2.75, 3.05) is 13.2 Å². The molecule has 30 heavy (non-hydrogen) atoms. The van der Waals surface area contributed by atoms with E-state index >= 15 is 0 Å². The van der Waals surface area contributed by atoms with E-state index in [1.807, 2.05) is 36.4 Å². The number of hydrogen-bond donors (Lipinski definition) is 4. The van der Waals surface area contributed by atoms with Gasteiger partial charge in [-0.05, 0) is 35.1 Å². The third-order valence-electron chi connectivity index (χ3n) is 5.27. The fraction of sp³-hybridized carbons (Fsp3) is 0.308. The van der Waals surface area contributed by atoms with Gasteiger partial charge >= 0.3 is 0 Å². The highest BCUT2D eigenvalue weighted by Crippen LogP contribution is 2.09. The molecule has 3 aromatic carbocycles. The molecule has 0 aliphatic rings. The molecular formula is C26H32N2O2. The lowest BCUT2D eigenvalue weighted by atomic mass is 10.0. The van der Waals surface area contributed by atoms with E-state index in [4.69, 9.17) is 0 Å². The van der Waals surface area contributed by atoms with Gasteiger partial charge in [-0.1, -0.05) is 84.9 Å². The van der Waals surface area contributed by atoms with Crippen LogP contribution < -0.4 is 10.6 Å². The van der Waals surface area contributed by atoms with Crippen LogP contribution in [0.5, 0.6) is 0 Å². The third-order valence-corrected chi connectivity index (χ3v) is 5.27. The van der Waals surface area contributed by atoms with Crippen molar-refractivity contribution in [3.05, 3.63) is 107 Å². The first-order chi connectivity index (χ1) is 14.8. The van der Waals surface area contributed by atoms with Gasteiger partial charge in [0, 0.05) is 25.2 Å². The number of hydrogen-bond acceptors (Lipinski definition) is 4. The van der Waals surface area contributed by atoms with E-state index in [9.17, 15) is 10.2 Å². The predicted molar refractivity (Wildman–Crippen MR) is 122 cm³/mol. The molecule has 3 aromatic rings. The molecule has 2 atom stereocenters. The Morgan fingerprint density at radius 2 is 0.933 bits per heavy atom. The Bertz CT molecular complexity index is 786. The normalized spacial score (nSPS) is 13.1. The maximum atomic E-state index is 9.72. The van der Waals surface area contributed by atoms with Crippen LogP contribution >= 0.6 is 0 Å². The fourth-order valence-electron chi connectivity index (χ4n) is 3.57. The van der Waals surface area contributed by atoms with E-state index in [0.29, 0.717) is 13.1 Å². The molecule has 4 N–H and O–H groups in total. The quantitative estimate of drug-likeness (QED) is 0.375. The van der Waals surface area contributed by atoms with Crippen LogP contribution in [0, 0.1) is 0 Å². The van der Waals surface area contributed by atoms with Crippen LogP contribution in [0.4, 0.5) is 0 Å². The molecule has 0 unspecified atom stereocenters. The minimum Gasteiger partial charge on any atom is -0.395 e. The van der Waals surface area contributed by atoms with Gasteiger partial charge < -0.3 is 20.8 Å². The molecule has 0 spiro atoms. The standard InChI is InChI=1S/C26H32N2O2/c29-19-25(15-21-8-3-1-4-9-21)27-17-23-12-7-13-24(14-23)18-28-26(20-30)16-22-10-5-2-6-11-22/h1-14,25-30H,15-20H2/t25-,26-/m1/s1. The van der Waals surface area contributed by atoms with Crippen molar-refractivity contribution in [3.8, 4) is 0 Å². The molecule has 4 nitrogen and oxygen atoms in total. The molecule has 158 valence electrons. The summed E-state index contributed by atoms with van der Waals surface area (Å²) in [5, 5.41) is 26.4. The lowest BCUT2D eigenvalue weighted by molar-refractivity contribution is 0.240. The van der Waals surface area contributed by atoms with Gasteiger partial charge in [-0.15, -0.1) is 0 Å². The lowest BCUT2D eigenvalue weighted by Crippen LogP contribution is -2.34. The Kier molecular flexibility index (Phi) is 9.06. The van der Waals surface area contributed by atoms with E-state index in [0.717, 1.165) is 12.8 Å². The lowest BCUT2D eigenvalue weighted by Gasteiger charge is -2.18. The summed E-state index contributed by atoms with van der Waals surface area (Å²) >= 11 is 0. The third kappa shape index (κ3) is 7.39. The van der Waals surface area contributed by atoms with Crippen LogP contribution in [0.25, 0.3) is 0 Å². The van der Waals surface area contributed by atoms with Crippen molar-refractivity contribution in [1.82, 2.24) is 10.6 Å². The maximum Gasteiger partial charge on any atom is 0.0587 e. The first-order valence-electron chi connectivity index (χ1n) is 10.6. The van der Waals surface area contributed by atoms with Crippen LogP contribution in [-0.2, 0) is 25.9 Å². The molecule has 0 radical (unpaired) electrons. The monoisotopic (exact) mass is 404 g/mol. The Morgan fingerprint density at radius 3 is 1.33 bits per heavy atom. The first kappa shape index (κ1) is 22.2. The molecule has 4 heteroatoms. The summed E-state index contributed by atoms with van der Waals surface area (Å²) in [6.45, 7) is 1.63. The summed E-state index contributed by atoms with van der Waals surface area (Å²) in [4.78, 5) is 0. The second-order valence-corrected chi connectivity index (χ2v) is 7.72. The second-order valence-electron chi connectivity index (χ2n) is 7.72. The second kappa shape index (κ2) is 12.3. The molecule has 0 aliphatic carbocycles. The van der Waals surface area contributed by atoms with Gasteiger partial charge in [0.05, 0.1) is 13.2 Å². The average molecular weight is 405 g/mol. The van der Waals surface area contributed by atoms with Crippen LogP contribution in [0.2, 0.25) is 0 Å². The zero-order valence-corrected chi connectivity index (χ0v) is 17.4. The van der Waals surface area contributed by atoms with Crippen molar-refractivity contribution in [3.63, 3.8) is 0 Å². The van der Waals surface area contributed by atoms with Crippen molar-refractivity contribution < 1.29 is 10.2 Å². The Balaban J connectivity index is 1.49. The topological polar surface area (TPSA) is 64.5 Å². The average Bonchev–Trinajstić information content (AvgIpc) is 2.81. The number of nitrogens with one attached hydrogen (secondary N) is 2. The van der Waals surface area contributed by atoms with Crippen molar-refractivity contribution in [2.45, 2.75) is 38.0 Å². The smallest absolute Gasteiger partial charge is 0.0587 e. The summed E-state index contributed by atoms with van der Waals surface area (Å²) in [5.41, 5.74) is 4.81. The molecule has 0 saturated heterocycles. The highest BCUT2D eigenvalue weighted by molar-refractivity contribution is 5.24. The van der Waals surface area contributed by atoms with Gasteiger partial charge in [-0.2, -0.15) is 0 Å². The molecule has 0 bridgehead atoms. The number of rotatable bonds is 12. The molecule has 0 heterocycles. The van der Waals surface area contributed by atoms with Gasteiger partial charge in [-0.25, -0.2) is 0 Å². The minimum absolute atomic E-state index is 0.0267. The van der Waals surface area contributed by atoms with E-state index in [1.54, 1.807) is 0 Å². The summed E-state index contributed by atoms with van der Waals surface area (Å²) < 4.78 is 0. The van der Waals surface area contributed by atoms with Crippen LogP contribution in [0.3, 0.4) is 0 Å². The molecule has 3 rings (SSSR count). The van der Waals surface area contributed by atoms with Gasteiger partial charge in [0.2, 0.25) is 0 Å². The van der Waals surface area contributed by atoms with Gasteiger partial charge in [0.25, 0.3) is 0 Å². The first-order valence-corrected chi connectivity index (χ1v) is 10.6. The number of aliphatic hydroxyl groups excluding tert-OH is 2. The van der Waals surface area contributed by atoms with Crippen LogP contribution in [0.15, 0.2) is 84.9 Å².